The predicted molar refractivity (Wildman–Crippen MR) is 80.3 cm³/mol. The monoisotopic (exact) mass is 306 g/mol. The highest BCUT2D eigenvalue weighted by Crippen LogP contribution is 2.39. The third kappa shape index (κ3) is 2.57. The molecule has 0 bridgehead atoms. The molecule has 1 aliphatic carbocycles. The molecule has 3 rings (SSSR count). The molecule has 118 valence electrons. The molecule has 0 spiro atoms. The molecule has 2 heterocycles. The lowest BCUT2D eigenvalue weighted by atomic mass is 9.79. The lowest BCUT2D eigenvalue weighted by Gasteiger charge is -2.32. The van der Waals surface area contributed by atoms with Gasteiger partial charge in [0.2, 0.25) is 0 Å². The SMILES string of the molecule is CC1(C)OB(c2cncc([N+](=O)[O-])c2OC2CC2)OC1(C)C. The molecule has 2 aliphatic rings. The maximum absolute atomic E-state index is 11.2. The number of pyridine rings is 1. The van der Waals surface area contributed by atoms with Crippen molar-refractivity contribution in [3.63, 3.8) is 0 Å². The van der Waals surface area contributed by atoms with Gasteiger partial charge in [-0.05, 0) is 40.5 Å². The van der Waals surface area contributed by atoms with Crippen LogP contribution in [0.15, 0.2) is 12.4 Å². The minimum Gasteiger partial charge on any atom is -0.484 e. The molecule has 22 heavy (non-hydrogen) atoms. The Morgan fingerprint density at radius 3 is 2.36 bits per heavy atom. The Bertz CT molecular complexity index is 599. The first-order chi connectivity index (χ1) is 10.2. The zero-order chi connectivity index (χ0) is 16.1. The second-order valence-electron chi connectivity index (χ2n) is 6.74. The van der Waals surface area contributed by atoms with Gasteiger partial charge < -0.3 is 14.0 Å². The molecule has 0 aromatic carbocycles. The first kappa shape index (κ1) is 15.2. The van der Waals surface area contributed by atoms with E-state index in [0.29, 0.717) is 5.46 Å². The summed E-state index contributed by atoms with van der Waals surface area (Å²) in [6.45, 7) is 7.72. The Morgan fingerprint density at radius 1 is 1.27 bits per heavy atom. The van der Waals surface area contributed by atoms with Gasteiger partial charge in [0.05, 0.1) is 27.7 Å². The smallest absolute Gasteiger partial charge is 0.484 e. The van der Waals surface area contributed by atoms with Crippen LogP contribution < -0.4 is 10.2 Å². The third-order valence-corrected chi connectivity index (χ3v) is 4.42. The molecular weight excluding hydrogens is 287 g/mol. The Hall–Kier alpha value is -1.67. The van der Waals surface area contributed by atoms with Crippen LogP contribution in [0.25, 0.3) is 0 Å². The van der Waals surface area contributed by atoms with E-state index in [1.807, 2.05) is 27.7 Å². The fourth-order valence-corrected chi connectivity index (χ4v) is 2.20. The molecule has 0 N–H and O–H groups in total. The summed E-state index contributed by atoms with van der Waals surface area (Å²) in [6.07, 6.45) is 4.56. The van der Waals surface area contributed by atoms with Gasteiger partial charge in [0.25, 0.3) is 0 Å². The third-order valence-electron chi connectivity index (χ3n) is 4.42. The van der Waals surface area contributed by atoms with E-state index in [1.165, 1.54) is 12.4 Å². The van der Waals surface area contributed by atoms with Crippen LogP contribution in [0.4, 0.5) is 5.69 Å². The minimum absolute atomic E-state index is 0.0299. The van der Waals surface area contributed by atoms with Gasteiger partial charge in [0.15, 0.2) is 5.75 Å². The fourth-order valence-electron chi connectivity index (χ4n) is 2.20. The summed E-state index contributed by atoms with van der Waals surface area (Å²) >= 11 is 0. The van der Waals surface area contributed by atoms with Crippen LogP contribution in [0, 0.1) is 10.1 Å². The van der Waals surface area contributed by atoms with Crippen molar-refractivity contribution in [3.8, 4) is 5.75 Å². The van der Waals surface area contributed by atoms with Crippen molar-refractivity contribution in [1.82, 2.24) is 4.98 Å². The summed E-state index contributed by atoms with van der Waals surface area (Å²) in [6, 6.07) is 0. The van der Waals surface area contributed by atoms with Crippen molar-refractivity contribution in [1.29, 1.82) is 0 Å². The number of rotatable bonds is 4. The summed E-state index contributed by atoms with van der Waals surface area (Å²) in [5, 5.41) is 11.2. The Balaban J connectivity index is 2.00. The summed E-state index contributed by atoms with van der Waals surface area (Å²) in [7, 11) is -0.730. The molecule has 0 radical (unpaired) electrons. The van der Waals surface area contributed by atoms with Crippen LogP contribution in [-0.4, -0.2) is 34.3 Å². The summed E-state index contributed by atoms with van der Waals surface area (Å²) in [5.41, 5.74) is -0.739. The van der Waals surface area contributed by atoms with Gasteiger partial charge in [0.1, 0.15) is 6.20 Å². The molecule has 1 aliphatic heterocycles. The second kappa shape index (κ2) is 4.92. The second-order valence-corrected chi connectivity index (χ2v) is 6.74. The van der Waals surface area contributed by atoms with Gasteiger partial charge in [-0.1, -0.05) is 0 Å². The van der Waals surface area contributed by atoms with Crippen molar-refractivity contribution < 1.29 is 19.0 Å². The standard InChI is InChI=1S/C14H19BN2O5/c1-13(2)14(3,4)22-15(21-13)10-7-16-8-11(17(18)19)12(10)20-9-5-6-9/h7-9H,5-6H2,1-4H3. The van der Waals surface area contributed by atoms with E-state index < -0.39 is 23.2 Å². The highest BCUT2D eigenvalue weighted by molar-refractivity contribution is 6.63. The Morgan fingerprint density at radius 2 is 1.86 bits per heavy atom. The van der Waals surface area contributed by atoms with E-state index >= 15 is 0 Å². The zero-order valence-corrected chi connectivity index (χ0v) is 13.2. The molecule has 2 fully saturated rings. The Labute approximate surface area is 129 Å². The molecule has 0 unspecified atom stereocenters. The molecule has 1 aromatic rings. The maximum Gasteiger partial charge on any atom is 0.500 e. The predicted octanol–water partition coefficient (Wildman–Crippen LogP) is 1.83. The fraction of sp³-hybridized carbons (Fsp3) is 0.643. The van der Waals surface area contributed by atoms with E-state index in [-0.39, 0.29) is 17.5 Å². The van der Waals surface area contributed by atoms with Crippen LogP contribution in [-0.2, 0) is 9.31 Å². The number of ether oxygens (including phenoxy) is 1. The van der Waals surface area contributed by atoms with E-state index in [4.69, 9.17) is 14.0 Å². The first-order valence-electron chi connectivity index (χ1n) is 7.36. The van der Waals surface area contributed by atoms with Gasteiger partial charge >= 0.3 is 12.8 Å². The molecule has 8 heteroatoms. The number of hydrogen-bond acceptors (Lipinski definition) is 6. The van der Waals surface area contributed by atoms with Crippen LogP contribution in [0.2, 0.25) is 0 Å². The van der Waals surface area contributed by atoms with E-state index in [2.05, 4.69) is 4.98 Å². The molecule has 0 atom stereocenters. The van der Waals surface area contributed by atoms with Crippen LogP contribution in [0.3, 0.4) is 0 Å². The van der Waals surface area contributed by atoms with E-state index in [9.17, 15) is 10.1 Å². The lowest BCUT2D eigenvalue weighted by molar-refractivity contribution is -0.386. The largest absolute Gasteiger partial charge is 0.500 e. The van der Waals surface area contributed by atoms with Crippen LogP contribution >= 0.6 is 0 Å². The van der Waals surface area contributed by atoms with Gasteiger partial charge in [-0.25, -0.2) is 0 Å². The van der Waals surface area contributed by atoms with Crippen molar-refractivity contribution in [2.24, 2.45) is 0 Å². The van der Waals surface area contributed by atoms with Gasteiger partial charge in [-0.2, -0.15) is 0 Å². The van der Waals surface area contributed by atoms with Crippen LogP contribution in [0.5, 0.6) is 5.75 Å². The highest BCUT2D eigenvalue weighted by Gasteiger charge is 2.53. The quantitative estimate of drug-likeness (QED) is 0.479. The molecule has 1 saturated carbocycles. The van der Waals surface area contributed by atoms with Crippen molar-refractivity contribution in [2.75, 3.05) is 0 Å². The molecule has 1 saturated heterocycles. The van der Waals surface area contributed by atoms with E-state index in [1.54, 1.807) is 0 Å². The van der Waals surface area contributed by atoms with Crippen molar-refractivity contribution >= 4 is 18.3 Å². The molecular formula is C14H19BN2O5. The molecule has 7 nitrogen and oxygen atoms in total. The summed E-state index contributed by atoms with van der Waals surface area (Å²) in [5.74, 6) is 0.209. The topological polar surface area (TPSA) is 83.7 Å². The molecule has 0 amide bonds. The number of hydrogen-bond donors (Lipinski definition) is 0. The number of aromatic nitrogens is 1. The first-order valence-corrected chi connectivity index (χ1v) is 7.36. The number of nitro groups is 1. The average Bonchev–Trinajstić information content (AvgIpc) is 3.17. The summed E-state index contributed by atoms with van der Waals surface area (Å²) in [4.78, 5) is 14.7. The van der Waals surface area contributed by atoms with Crippen LogP contribution in [0.1, 0.15) is 40.5 Å². The molecule has 1 aromatic heterocycles. The van der Waals surface area contributed by atoms with Crippen molar-refractivity contribution in [2.45, 2.75) is 57.8 Å². The van der Waals surface area contributed by atoms with Gasteiger partial charge in [-0.15, -0.1) is 0 Å². The lowest BCUT2D eigenvalue weighted by Crippen LogP contribution is -2.41. The maximum atomic E-state index is 11.2. The van der Waals surface area contributed by atoms with Gasteiger partial charge in [-0.3, -0.25) is 15.1 Å². The summed E-state index contributed by atoms with van der Waals surface area (Å²) < 4.78 is 17.7. The average molecular weight is 306 g/mol. The van der Waals surface area contributed by atoms with Crippen molar-refractivity contribution in [3.05, 3.63) is 22.5 Å². The zero-order valence-electron chi connectivity index (χ0n) is 13.2. The van der Waals surface area contributed by atoms with Gasteiger partial charge in [0, 0.05) is 6.20 Å². The van der Waals surface area contributed by atoms with E-state index in [0.717, 1.165) is 12.8 Å². The number of nitrogens with zero attached hydrogens (tertiary/aromatic N) is 2. The Kier molecular flexibility index (Phi) is 3.41. The minimum atomic E-state index is -0.730. The normalized spacial score (nSPS) is 22.6. The highest BCUT2D eigenvalue weighted by atomic mass is 16.7.